The van der Waals surface area contributed by atoms with Gasteiger partial charge in [-0.15, -0.1) is 12.3 Å². The smallest absolute Gasteiger partial charge is 0.224 e. The van der Waals surface area contributed by atoms with Crippen molar-refractivity contribution in [2.75, 3.05) is 19.6 Å². The first-order chi connectivity index (χ1) is 7.27. The van der Waals surface area contributed by atoms with E-state index in [4.69, 9.17) is 11.7 Å². The molecule has 0 aromatic rings. The van der Waals surface area contributed by atoms with Crippen LogP contribution >= 0.6 is 0 Å². The van der Waals surface area contributed by atoms with Crippen LogP contribution in [0.15, 0.2) is 0 Å². The molecule has 0 aliphatic carbocycles. The first-order valence-corrected chi connectivity index (χ1v) is 5.13. The van der Waals surface area contributed by atoms with Gasteiger partial charge in [0.1, 0.15) is 0 Å². The average Bonchev–Trinajstić information content (AvgIpc) is 2.72. The number of nitrogens with one attached hydrogen (secondary N) is 1. The van der Waals surface area contributed by atoms with E-state index in [9.17, 15) is 4.79 Å². The van der Waals surface area contributed by atoms with Crippen LogP contribution in [-0.4, -0.2) is 30.4 Å². The summed E-state index contributed by atoms with van der Waals surface area (Å²) in [7, 11) is 0. The molecule has 1 atom stereocenters. The number of nitrogens with zero attached hydrogens (tertiary/aromatic N) is 2. The summed E-state index contributed by atoms with van der Waals surface area (Å²) in [6, 6.07) is 0. The monoisotopic (exact) mass is 205 g/mol. The van der Waals surface area contributed by atoms with Crippen LogP contribution in [0.3, 0.4) is 0 Å². The van der Waals surface area contributed by atoms with Gasteiger partial charge in [0.25, 0.3) is 0 Å². The van der Waals surface area contributed by atoms with Gasteiger partial charge < -0.3 is 10.2 Å². The van der Waals surface area contributed by atoms with Crippen LogP contribution in [0.2, 0.25) is 0 Å². The van der Waals surface area contributed by atoms with Crippen molar-refractivity contribution in [1.82, 2.24) is 10.2 Å². The zero-order chi connectivity index (χ0) is 11.1. The summed E-state index contributed by atoms with van der Waals surface area (Å²) in [5.41, 5.74) is 0. The third kappa shape index (κ3) is 3.52. The fraction of sp³-hybridized carbons (Fsp3) is 0.636. The maximum Gasteiger partial charge on any atom is 0.224 e. The largest absolute Gasteiger partial charge is 0.356 e. The summed E-state index contributed by atoms with van der Waals surface area (Å²) in [4.78, 5) is 13.2. The number of carbonyl (C=O) groups excluding carboxylic acids is 1. The van der Waals surface area contributed by atoms with Gasteiger partial charge in [-0.05, 0) is 12.8 Å². The molecule has 1 aliphatic heterocycles. The van der Waals surface area contributed by atoms with E-state index in [-0.39, 0.29) is 11.8 Å². The van der Waals surface area contributed by atoms with Gasteiger partial charge in [0.2, 0.25) is 5.91 Å². The molecule has 1 fully saturated rings. The SMILES string of the molecule is C#CCCCNC(=O)C1CCN(C#N)C1. The van der Waals surface area contributed by atoms with Gasteiger partial charge in [0, 0.05) is 26.1 Å². The molecule has 15 heavy (non-hydrogen) atoms. The summed E-state index contributed by atoms with van der Waals surface area (Å²) >= 11 is 0. The number of likely N-dealkylation sites (tertiary alicyclic amines) is 1. The normalized spacial score (nSPS) is 19.3. The third-order valence-corrected chi connectivity index (χ3v) is 2.50. The van der Waals surface area contributed by atoms with Crippen molar-refractivity contribution in [1.29, 1.82) is 5.26 Å². The van der Waals surface area contributed by atoms with Crippen LogP contribution in [0.1, 0.15) is 19.3 Å². The Kier molecular flexibility index (Phi) is 4.50. The second-order valence-corrected chi connectivity index (χ2v) is 3.63. The van der Waals surface area contributed by atoms with Crippen molar-refractivity contribution in [2.24, 2.45) is 5.92 Å². The Labute approximate surface area is 90.2 Å². The summed E-state index contributed by atoms with van der Waals surface area (Å²) in [5.74, 6) is 2.54. The summed E-state index contributed by atoms with van der Waals surface area (Å²) in [6.45, 7) is 1.88. The summed E-state index contributed by atoms with van der Waals surface area (Å²) in [5, 5.41) is 11.5. The Hall–Kier alpha value is -1.68. The van der Waals surface area contributed by atoms with E-state index >= 15 is 0 Å². The molecule has 1 N–H and O–H groups in total. The molecule has 0 aromatic heterocycles. The van der Waals surface area contributed by atoms with Crippen molar-refractivity contribution in [2.45, 2.75) is 19.3 Å². The number of unbranched alkanes of at least 4 members (excludes halogenated alkanes) is 1. The molecule has 80 valence electrons. The highest BCUT2D eigenvalue weighted by Crippen LogP contribution is 2.14. The van der Waals surface area contributed by atoms with Crippen molar-refractivity contribution in [3.63, 3.8) is 0 Å². The minimum Gasteiger partial charge on any atom is -0.356 e. The maximum absolute atomic E-state index is 11.6. The first-order valence-electron chi connectivity index (χ1n) is 5.13. The molecule has 4 nitrogen and oxygen atoms in total. The Balaban J connectivity index is 2.19. The predicted molar refractivity (Wildman–Crippen MR) is 56.4 cm³/mol. The van der Waals surface area contributed by atoms with Crippen LogP contribution < -0.4 is 5.32 Å². The van der Waals surface area contributed by atoms with E-state index in [0.29, 0.717) is 26.1 Å². The molecule has 1 aliphatic rings. The van der Waals surface area contributed by atoms with Gasteiger partial charge in [0.15, 0.2) is 6.19 Å². The lowest BCUT2D eigenvalue weighted by molar-refractivity contribution is -0.124. The van der Waals surface area contributed by atoms with E-state index in [2.05, 4.69) is 17.4 Å². The highest BCUT2D eigenvalue weighted by Gasteiger charge is 2.27. The van der Waals surface area contributed by atoms with Crippen LogP contribution in [0.4, 0.5) is 0 Å². The van der Waals surface area contributed by atoms with Crippen LogP contribution in [0.25, 0.3) is 0 Å². The molecule has 4 heteroatoms. The zero-order valence-corrected chi connectivity index (χ0v) is 8.70. The number of carbonyl (C=O) groups is 1. The number of nitriles is 1. The summed E-state index contributed by atoms with van der Waals surface area (Å²) < 4.78 is 0. The fourth-order valence-electron chi connectivity index (χ4n) is 1.61. The van der Waals surface area contributed by atoms with Crippen LogP contribution in [0.5, 0.6) is 0 Å². The average molecular weight is 205 g/mol. The van der Waals surface area contributed by atoms with Gasteiger partial charge >= 0.3 is 0 Å². The van der Waals surface area contributed by atoms with E-state index in [1.54, 1.807) is 4.90 Å². The van der Waals surface area contributed by atoms with Gasteiger partial charge in [-0.3, -0.25) is 4.79 Å². The Morgan fingerprint density at radius 1 is 1.67 bits per heavy atom. The number of rotatable bonds is 4. The molecule has 1 rings (SSSR count). The summed E-state index contributed by atoms with van der Waals surface area (Å²) in [6.07, 6.45) is 9.43. The molecule has 1 amide bonds. The Morgan fingerprint density at radius 2 is 2.47 bits per heavy atom. The zero-order valence-electron chi connectivity index (χ0n) is 8.70. The topological polar surface area (TPSA) is 56.1 Å². The van der Waals surface area contributed by atoms with Gasteiger partial charge in [0.05, 0.1) is 5.92 Å². The van der Waals surface area contributed by atoms with Crippen molar-refractivity contribution in [3.8, 4) is 18.5 Å². The number of amides is 1. The molecule has 1 unspecified atom stereocenters. The molecular formula is C11H15N3O. The quantitative estimate of drug-likeness (QED) is 0.408. The van der Waals surface area contributed by atoms with Crippen LogP contribution in [-0.2, 0) is 4.79 Å². The number of hydrogen-bond acceptors (Lipinski definition) is 3. The van der Waals surface area contributed by atoms with Crippen molar-refractivity contribution in [3.05, 3.63) is 0 Å². The fourth-order valence-corrected chi connectivity index (χ4v) is 1.61. The third-order valence-electron chi connectivity index (χ3n) is 2.50. The first kappa shape index (κ1) is 11.4. The predicted octanol–water partition coefficient (Wildman–Crippen LogP) is 0.319. The Morgan fingerprint density at radius 3 is 3.07 bits per heavy atom. The van der Waals surface area contributed by atoms with E-state index in [0.717, 1.165) is 12.8 Å². The van der Waals surface area contributed by atoms with Crippen LogP contribution in [0, 0.1) is 29.7 Å². The standard InChI is InChI=1S/C11H15N3O/c1-2-3-4-6-13-11(15)10-5-7-14(8-10)9-12/h1,10H,3-8H2,(H,13,15). The molecule has 0 saturated carbocycles. The second-order valence-electron chi connectivity index (χ2n) is 3.63. The lowest BCUT2D eigenvalue weighted by atomic mass is 10.1. The minimum absolute atomic E-state index is 0.0320. The molecule has 0 bridgehead atoms. The number of hydrogen-bond donors (Lipinski definition) is 1. The van der Waals surface area contributed by atoms with E-state index in [1.165, 1.54) is 0 Å². The van der Waals surface area contributed by atoms with Crippen molar-refractivity contribution >= 4 is 5.91 Å². The second kappa shape index (κ2) is 5.93. The highest BCUT2D eigenvalue weighted by atomic mass is 16.1. The Bertz CT molecular complexity index is 300. The highest BCUT2D eigenvalue weighted by molar-refractivity contribution is 5.79. The molecule has 0 radical (unpaired) electrons. The van der Waals surface area contributed by atoms with E-state index < -0.39 is 0 Å². The maximum atomic E-state index is 11.6. The van der Waals surface area contributed by atoms with Crippen molar-refractivity contribution < 1.29 is 4.79 Å². The molecule has 1 saturated heterocycles. The number of terminal acetylenes is 1. The minimum atomic E-state index is -0.0320. The molecule has 0 spiro atoms. The van der Waals surface area contributed by atoms with Gasteiger partial charge in [-0.25, -0.2) is 0 Å². The van der Waals surface area contributed by atoms with E-state index in [1.807, 2.05) is 0 Å². The lowest BCUT2D eigenvalue weighted by Gasteiger charge is -2.09. The molecule has 0 aromatic carbocycles. The van der Waals surface area contributed by atoms with Gasteiger partial charge in [-0.1, -0.05) is 0 Å². The molecule has 1 heterocycles. The lowest BCUT2D eigenvalue weighted by Crippen LogP contribution is -2.32. The van der Waals surface area contributed by atoms with Gasteiger partial charge in [-0.2, -0.15) is 5.26 Å². The molecular weight excluding hydrogens is 190 g/mol.